The van der Waals surface area contributed by atoms with Crippen molar-refractivity contribution in [2.75, 3.05) is 34.4 Å². The number of rotatable bonds is 4. The van der Waals surface area contributed by atoms with Crippen molar-refractivity contribution < 1.29 is 19.1 Å². The Bertz CT molecular complexity index is 850. The molecule has 30 heavy (non-hydrogen) atoms. The largest absolute Gasteiger partial charge is 0.497 e. The number of likely N-dealkylation sites (N-methyl/N-ethyl adjacent to an activating group) is 1. The topological polar surface area (TPSA) is 59.1 Å². The smallest absolute Gasteiger partial charge is 0.328 e. The first-order valence-electron chi connectivity index (χ1n) is 10.7. The number of carbonyl (C=O) groups is 2. The van der Waals surface area contributed by atoms with Crippen LogP contribution in [-0.4, -0.2) is 68.1 Å². The molecule has 1 amide bonds. The van der Waals surface area contributed by atoms with E-state index < -0.39 is 6.04 Å². The highest BCUT2D eigenvalue weighted by atomic mass is 16.5. The Balaban J connectivity index is 2.04. The summed E-state index contributed by atoms with van der Waals surface area (Å²) in [7, 11) is 5.14. The molecule has 6 nitrogen and oxygen atoms in total. The maximum Gasteiger partial charge on any atom is 0.328 e. The molecule has 0 aromatic heterocycles. The summed E-state index contributed by atoms with van der Waals surface area (Å²) in [5.41, 5.74) is 3.16. The number of hydrogen-bond donors (Lipinski definition) is 0. The maximum atomic E-state index is 13.3. The lowest BCUT2D eigenvalue weighted by atomic mass is 9.67. The Morgan fingerprint density at radius 3 is 2.63 bits per heavy atom. The molecule has 0 radical (unpaired) electrons. The van der Waals surface area contributed by atoms with E-state index in [1.165, 1.54) is 18.2 Å². The van der Waals surface area contributed by atoms with Crippen LogP contribution in [0, 0.1) is 6.92 Å². The van der Waals surface area contributed by atoms with Gasteiger partial charge in [0.2, 0.25) is 5.91 Å². The lowest BCUT2D eigenvalue weighted by molar-refractivity contribution is -0.149. The third-order valence-electron chi connectivity index (χ3n) is 7.04. The second-order valence-electron chi connectivity index (χ2n) is 8.73. The highest BCUT2D eigenvalue weighted by molar-refractivity contribution is 5.93. The van der Waals surface area contributed by atoms with Crippen LogP contribution in [0.4, 0.5) is 0 Å². The van der Waals surface area contributed by atoms with Crippen molar-refractivity contribution in [1.29, 1.82) is 0 Å². The van der Waals surface area contributed by atoms with Gasteiger partial charge >= 0.3 is 5.97 Å². The minimum atomic E-state index is -0.485. The fourth-order valence-corrected chi connectivity index (χ4v) is 4.96. The summed E-state index contributed by atoms with van der Waals surface area (Å²) in [4.78, 5) is 29.4. The number of benzene rings is 1. The highest BCUT2D eigenvalue weighted by Gasteiger charge is 2.42. The molecular formula is C24H34N2O4. The first-order chi connectivity index (χ1) is 14.2. The van der Waals surface area contributed by atoms with Gasteiger partial charge in [0.05, 0.1) is 14.2 Å². The molecule has 0 saturated carbocycles. The molecule has 0 bridgehead atoms. The van der Waals surface area contributed by atoms with Gasteiger partial charge in [-0.15, -0.1) is 0 Å². The summed E-state index contributed by atoms with van der Waals surface area (Å²) >= 11 is 0. The van der Waals surface area contributed by atoms with E-state index in [0.717, 1.165) is 30.7 Å². The van der Waals surface area contributed by atoms with Crippen molar-refractivity contribution in [2.24, 2.45) is 0 Å². The quantitative estimate of drug-likeness (QED) is 0.560. The number of likely N-dealkylation sites (tertiary alicyclic amines) is 2. The van der Waals surface area contributed by atoms with Gasteiger partial charge in [0.15, 0.2) is 0 Å². The van der Waals surface area contributed by atoms with Crippen molar-refractivity contribution in [1.82, 2.24) is 9.80 Å². The fourth-order valence-electron chi connectivity index (χ4n) is 4.96. The molecule has 164 valence electrons. The second kappa shape index (κ2) is 8.80. The van der Waals surface area contributed by atoms with E-state index in [1.807, 2.05) is 6.07 Å². The minimum absolute atomic E-state index is 0.105. The minimum Gasteiger partial charge on any atom is -0.497 e. The average Bonchev–Trinajstić information content (AvgIpc) is 3.24. The summed E-state index contributed by atoms with van der Waals surface area (Å²) in [6, 6.07) is 5.77. The maximum absolute atomic E-state index is 13.3. The number of piperidine rings is 1. The molecule has 2 aliphatic rings. The molecule has 0 spiro atoms. The van der Waals surface area contributed by atoms with Gasteiger partial charge in [-0.05, 0) is 75.5 Å². The number of methoxy groups -OCH3 is 2. The van der Waals surface area contributed by atoms with Crippen LogP contribution in [0.5, 0.6) is 5.75 Å². The van der Waals surface area contributed by atoms with Crippen molar-refractivity contribution in [3.05, 3.63) is 41.0 Å². The standard InChI is InChI=1S/C24H34N2O4/c1-16-9-10-18(29-5)14-19(16)24(3)11-13-25(4)17(2)20(24)15-22(27)26-12-7-8-21(26)23(28)30-6/h9-10,14-15,17,21H,7-8,11-13H2,1-6H3/b20-15+. The van der Waals surface area contributed by atoms with Crippen LogP contribution < -0.4 is 4.74 Å². The van der Waals surface area contributed by atoms with Gasteiger partial charge < -0.3 is 14.4 Å². The normalized spacial score (nSPS) is 28.6. The molecule has 3 atom stereocenters. The van der Waals surface area contributed by atoms with E-state index in [4.69, 9.17) is 9.47 Å². The molecule has 2 aliphatic heterocycles. The lowest BCUT2D eigenvalue weighted by Gasteiger charge is -2.46. The van der Waals surface area contributed by atoms with Gasteiger partial charge in [0.1, 0.15) is 11.8 Å². The predicted molar refractivity (Wildman–Crippen MR) is 117 cm³/mol. The zero-order valence-corrected chi connectivity index (χ0v) is 19.0. The zero-order chi connectivity index (χ0) is 22.1. The first-order valence-corrected chi connectivity index (χ1v) is 10.7. The van der Waals surface area contributed by atoms with E-state index in [2.05, 4.69) is 44.9 Å². The number of esters is 1. The zero-order valence-electron chi connectivity index (χ0n) is 19.0. The van der Waals surface area contributed by atoms with Gasteiger partial charge in [-0.2, -0.15) is 0 Å². The predicted octanol–water partition coefficient (Wildman–Crippen LogP) is 3.08. The van der Waals surface area contributed by atoms with Crippen LogP contribution in [0.15, 0.2) is 29.8 Å². The summed E-state index contributed by atoms with van der Waals surface area (Å²) < 4.78 is 10.4. The molecule has 3 unspecified atom stereocenters. The van der Waals surface area contributed by atoms with E-state index in [9.17, 15) is 9.59 Å². The molecule has 2 heterocycles. The Kier molecular flexibility index (Phi) is 6.56. The fraction of sp³-hybridized carbons (Fsp3) is 0.583. The average molecular weight is 415 g/mol. The van der Waals surface area contributed by atoms with Crippen LogP contribution in [0.3, 0.4) is 0 Å². The molecule has 6 heteroatoms. The summed E-state index contributed by atoms with van der Waals surface area (Å²) in [6.45, 7) is 8.00. The summed E-state index contributed by atoms with van der Waals surface area (Å²) in [6.07, 6.45) is 4.15. The van der Waals surface area contributed by atoms with Gasteiger partial charge in [0, 0.05) is 24.1 Å². The number of aryl methyl sites for hydroxylation is 1. The third kappa shape index (κ3) is 3.97. The van der Waals surface area contributed by atoms with Crippen molar-refractivity contribution in [3.63, 3.8) is 0 Å². The molecule has 2 saturated heterocycles. The SMILES string of the molecule is COC(=O)C1CCCN1C(=O)/C=C1\C(C)N(C)CCC1(C)c1cc(OC)ccc1C. The number of carbonyl (C=O) groups excluding carboxylic acids is 2. The Morgan fingerprint density at radius 2 is 1.97 bits per heavy atom. The number of ether oxygens (including phenoxy) is 2. The molecule has 1 aromatic carbocycles. The van der Waals surface area contributed by atoms with Gasteiger partial charge in [-0.3, -0.25) is 9.69 Å². The van der Waals surface area contributed by atoms with Crippen LogP contribution in [0.25, 0.3) is 0 Å². The Morgan fingerprint density at radius 1 is 1.23 bits per heavy atom. The van der Waals surface area contributed by atoms with Crippen molar-refractivity contribution >= 4 is 11.9 Å². The molecule has 0 aliphatic carbocycles. The van der Waals surface area contributed by atoms with Gasteiger partial charge in [-0.1, -0.05) is 13.0 Å². The molecule has 3 rings (SSSR count). The Labute approximate surface area is 179 Å². The molecule has 0 N–H and O–H groups in total. The van der Waals surface area contributed by atoms with Gasteiger partial charge in [0.25, 0.3) is 0 Å². The molecular weight excluding hydrogens is 380 g/mol. The summed E-state index contributed by atoms with van der Waals surface area (Å²) in [5, 5.41) is 0. The number of amides is 1. The lowest BCUT2D eigenvalue weighted by Crippen LogP contribution is -2.48. The monoisotopic (exact) mass is 414 g/mol. The highest BCUT2D eigenvalue weighted by Crippen LogP contribution is 2.44. The van der Waals surface area contributed by atoms with Crippen LogP contribution in [0.2, 0.25) is 0 Å². The van der Waals surface area contributed by atoms with E-state index >= 15 is 0 Å². The molecule has 2 fully saturated rings. The Hall–Kier alpha value is -2.34. The van der Waals surface area contributed by atoms with Crippen LogP contribution >= 0.6 is 0 Å². The number of nitrogens with zero attached hydrogens (tertiary/aromatic N) is 2. The van der Waals surface area contributed by atoms with E-state index in [-0.39, 0.29) is 23.3 Å². The van der Waals surface area contributed by atoms with E-state index in [1.54, 1.807) is 18.1 Å². The second-order valence-corrected chi connectivity index (χ2v) is 8.73. The van der Waals surface area contributed by atoms with Crippen molar-refractivity contribution in [2.45, 2.75) is 57.5 Å². The number of hydrogen-bond acceptors (Lipinski definition) is 5. The van der Waals surface area contributed by atoms with Crippen LogP contribution in [0.1, 0.15) is 44.2 Å². The van der Waals surface area contributed by atoms with Gasteiger partial charge in [-0.25, -0.2) is 4.79 Å². The summed E-state index contributed by atoms with van der Waals surface area (Å²) in [5.74, 6) is 0.380. The van der Waals surface area contributed by atoms with E-state index in [0.29, 0.717) is 13.0 Å². The third-order valence-corrected chi connectivity index (χ3v) is 7.04. The first kappa shape index (κ1) is 22.3. The molecule has 1 aromatic rings. The van der Waals surface area contributed by atoms with Crippen molar-refractivity contribution in [3.8, 4) is 5.75 Å². The van der Waals surface area contributed by atoms with Crippen LogP contribution in [-0.2, 0) is 19.7 Å².